The first kappa shape index (κ1) is 22.1. The zero-order valence-electron chi connectivity index (χ0n) is 19.2. The molecule has 2 aromatic carbocycles. The molecule has 1 aromatic heterocycles. The van der Waals surface area contributed by atoms with Gasteiger partial charge in [-0.25, -0.2) is 4.68 Å². The van der Waals surface area contributed by atoms with Crippen LogP contribution in [0.3, 0.4) is 0 Å². The molecule has 0 bridgehead atoms. The van der Waals surface area contributed by atoms with E-state index >= 15 is 0 Å². The highest BCUT2D eigenvalue weighted by Crippen LogP contribution is 2.37. The Balaban J connectivity index is 1.38. The minimum absolute atomic E-state index is 0.205. The third kappa shape index (κ3) is 4.38. The first-order valence-corrected chi connectivity index (χ1v) is 11.8. The van der Waals surface area contributed by atoms with Gasteiger partial charge in [-0.05, 0) is 31.4 Å². The van der Waals surface area contributed by atoms with Gasteiger partial charge in [-0.3, -0.25) is 19.3 Å². The van der Waals surface area contributed by atoms with Gasteiger partial charge in [0.15, 0.2) is 0 Å². The number of anilines is 1. The summed E-state index contributed by atoms with van der Waals surface area (Å²) in [7, 11) is 0. The maximum Gasteiger partial charge on any atom is 0.245 e. The molecule has 0 radical (unpaired) electrons. The highest BCUT2D eigenvalue weighted by molar-refractivity contribution is 6.08. The Labute approximate surface area is 198 Å². The van der Waals surface area contributed by atoms with Crippen molar-refractivity contribution in [1.82, 2.24) is 14.7 Å². The van der Waals surface area contributed by atoms with Gasteiger partial charge in [0.05, 0.1) is 24.1 Å². The molecule has 2 unspecified atom stereocenters. The second kappa shape index (κ2) is 9.25. The number of hydrogen-bond acceptors (Lipinski definition) is 4. The van der Waals surface area contributed by atoms with E-state index < -0.39 is 5.91 Å². The summed E-state index contributed by atoms with van der Waals surface area (Å²) in [5, 5.41) is 7.65. The van der Waals surface area contributed by atoms with Gasteiger partial charge in [0, 0.05) is 11.6 Å². The number of rotatable bonds is 6. The lowest BCUT2D eigenvalue weighted by Gasteiger charge is -2.19. The van der Waals surface area contributed by atoms with E-state index in [9.17, 15) is 14.4 Å². The average molecular weight is 457 g/mol. The third-order valence-corrected chi connectivity index (χ3v) is 6.77. The van der Waals surface area contributed by atoms with Crippen LogP contribution in [0.4, 0.5) is 5.82 Å². The average Bonchev–Trinajstić information content (AvgIpc) is 3.34. The Morgan fingerprint density at radius 1 is 0.971 bits per heavy atom. The molecule has 2 aliphatic rings. The lowest BCUT2D eigenvalue weighted by molar-refractivity contribution is -0.142. The van der Waals surface area contributed by atoms with Crippen LogP contribution in [0.1, 0.15) is 36.8 Å². The van der Waals surface area contributed by atoms with Gasteiger partial charge in [-0.1, -0.05) is 66.9 Å². The second-order valence-corrected chi connectivity index (χ2v) is 9.24. The van der Waals surface area contributed by atoms with Gasteiger partial charge < -0.3 is 5.32 Å². The molecule has 2 heterocycles. The van der Waals surface area contributed by atoms with Crippen molar-refractivity contribution in [2.24, 2.45) is 11.8 Å². The molecule has 1 N–H and O–H groups in total. The molecule has 1 saturated carbocycles. The number of benzene rings is 2. The smallest absolute Gasteiger partial charge is 0.245 e. The highest BCUT2D eigenvalue weighted by atomic mass is 16.2. The van der Waals surface area contributed by atoms with E-state index in [2.05, 4.69) is 5.32 Å². The molecule has 7 nitrogen and oxygen atoms in total. The molecule has 1 aliphatic carbocycles. The number of aromatic nitrogens is 2. The van der Waals surface area contributed by atoms with E-state index in [-0.39, 0.29) is 30.2 Å². The molecule has 0 spiro atoms. The lowest BCUT2D eigenvalue weighted by atomic mass is 9.81. The number of carbonyl (C=O) groups excluding carboxylic acids is 3. The summed E-state index contributed by atoms with van der Waals surface area (Å²) in [6.45, 7) is 2.24. The topological polar surface area (TPSA) is 84.3 Å². The number of hydrogen-bond donors (Lipinski definition) is 1. The monoisotopic (exact) mass is 456 g/mol. The van der Waals surface area contributed by atoms with E-state index in [1.54, 1.807) is 4.68 Å². The molecule has 7 heteroatoms. The zero-order chi connectivity index (χ0) is 23.7. The summed E-state index contributed by atoms with van der Waals surface area (Å²) in [6.07, 6.45) is 3.38. The fraction of sp³-hybridized carbons (Fsp3) is 0.333. The summed E-state index contributed by atoms with van der Waals surface area (Å²) >= 11 is 0. The number of fused-ring (bicyclic) bond motifs is 1. The molecule has 2 fully saturated rings. The number of carbonyl (C=O) groups is 3. The minimum Gasteiger partial charge on any atom is -0.309 e. The fourth-order valence-corrected chi connectivity index (χ4v) is 5.05. The number of aryl methyl sites for hydroxylation is 1. The van der Waals surface area contributed by atoms with Gasteiger partial charge in [0.1, 0.15) is 12.4 Å². The largest absolute Gasteiger partial charge is 0.309 e. The Kier molecular flexibility index (Phi) is 6.01. The molecule has 174 valence electrons. The molecular formula is C27H28N4O3. The highest BCUT2D eigenvalue weighted by Gasteiger charge is 2.48. The van der Waals surface area contributed by atoms with E-state index in [4.69, 9.17) is 5.10 Å². The van der Waals surface area contributed by atoms with Gasteiger partial charge >= 0.3 is 0 Å². The molecule has 1 aliphatic heterocycles. The molecule has 2 atom stereocenters. The predicted molar refractivity (Wildman–Crippen MR) is 129 cm³/mol. The molecule has 1 saturated heterocycles. The van der Waals surface area contributed by atoms with Crippen molar-refractivity contribution in [2.75, 3.05) is 11.9 Å². The SMILES string of the molecule is Cc1cccc(-c2cc(NC(=O)CN3C(=O)C4CCCCC4C3=O)n(Cc3ccccc3)n2)c1. The zero-order valence-corrected chi connectivity index (χ0v) is 19.2. The van der Waals surface area contributed by atoms with E-state index in [1.807, 2.05) is 67.6 Å². The first-order chi connectivity index (χ1) is 16.5. The third-order valence-electron chi connectivity index (χ3n) is 6.77. The number of nitrogens with zero attached hydrogens (tertiary/aromatic N) is 3. The number of amides is 3. The summed E-state index contributed by atoms with van der Waals surface area (Å²) < 4.78 is 1.75. The summed E-state index contributed by atoms with van der Waals surface area (Å²) in [6, 6.07) is 19.7. The predicted octanol–water partition coefficient (Wildman–Crippen LogP) is 4.02. The maximum atomic E-state index is 13.0. The van der Waals surface area contributed by atoms with Gasteiger partial charge in [-0.15, -0.1) is 0 Å². The quantitative estimate of drug-likeness (QED) is 0.568. The van der Waals surface area contributed by atoms with Gasteiger partial charge in [0.2, 0.25) is 17.7 Å². The van der Waals surface area contributed by atoms with Crippen LogP contribution in [0.25, 0.3) is 11.3 Å². The fourth-order valence-electron chi connectivity index (χ4n) is 5.05. The van der Waals surface area contributed by atoms with Crippen molar-refractivity contribution >= 4 is 23.5 Å². The number of likely N-dealkylation sites (tertiary alicyclic amines) is 1. The normalized spacial score (nSPS) is 19.9. The Bertz CT molecular complexity index is 1210. The van der Waals surface area contributed by atoms with Crippen molar-refractivity contribution < 1.29 is 14.4 Å². The van der Waals surface area contributed by atoms with Crippen LogP contribution in [-0.2, 0) is 20.9 Å². The number of imide groups is 1. The van der Waals surface area contributed by atoms with Gasteiger partial charge in [-0.2, -0.15) is 5.10 Å². The van der Waals surface area contributed by atoms with Gasteiger partial charge in [0.25, 0.3) is 0 Å². The number of nitrogens with one attached hydrogen (secondary N) is 1. The van der Waals surface area contributed by atoms with Crippen molar-refractivity contribution in [1.29, 1.82) is 0 Å². The molecule has 3 aromatic rings. The van der Waals surface area contributed by atoms with Crippen molar-refractivity contribution in [3.63, 3.8) is 0 Å². The molecule has 5 rings (SSSR count). The van der Waals surface area contributed by atoms with Crippen LogP contribution in [0.2, 0.25) is 0 Å². The van der Waals surface area contributed by atoms with Crippen molar-refractivity contribution in [3.8, 4) is 11.3 Å². The maximum absolute atomic E-state index is 13.0. The summed E-state index contributed by atoms with van der Waals surface area (Å²) in [4.78, 5) is 39.7. The van der Waals surface area contributed by atoms with Crippen LogP contribution >= 0.6 is 0 Å². The first-order valence-electron chi connectivity index (χ1n) is 11.8. The minimum atomic E-state index is -0.398. The van der Waals surface area contributed by atoms with Crippen LogP contribution in [0.5, 0.6) is 0 Å². The Morgan fingerprint density at radius 2 is 1.68 bits per heavy atom. The Morgan fingerprint density at radius 3 is 2.35 bits per heavy atom. The molecular weight excluding hydrogens is 428 g/mol. The molecule has 34 heavy (non-hydrogen) atoms. The summed E-state index contributed by atoms with van der Waals surface area (Å²) in [5.74, 6) is -0.797. The molecule has 3 amide bonds. The van der Waals surface area contributed by atoms with Crippen LogP contribution in [0, 0.1) is 18.8 Å². The van der Waals surface area contributed by atoms with Crippen molar-refractivity contribution in [2.45, 2.75) is 39.2 Å². The van der Waals surface area contributed by atoms with Crippen LogP contribution in [0.15, 0.2) is 60.7 Å². The van der Waals surface area contributed by atoms with Crippen LogP contribution < -0.4 is 5.32 Å². The standard InChI is InChI=1S/C27H28N4O3/c1-18-8-7-11-20(14-18)23-15-24(31(29-23)16-19-9-3-2-4-10-19)28-25(32)17-30-26(33)21-12-5-6-13-22(21)27(30)34/h2-4,7-11,14-15,21-22H,5-6,12-13,16-17H2,1H3,(H,28,32). The Hall–Kier alpha value is -3.74. The van der Waals surface area contributed by atoms with Crippen molar-refractivity contribution in [3.05, 3.63) is 71.8 Å². The van der Waals surface area contributed by atoms with E-state index in [1.165, 1.54) is 0 Å². The second-order valence-electron chi connectivity index (χ2n) is 9.24. The summed E-state index contributed by atoms with van der Waals surface area (Å²) in [5.41, 5.74) is 3.87. The van der Waals surface area contributed by atoms with Crippen LogP contribution in [-0.4, -0.2) is 38.9 Å². The van der Waals surface area contributed by atoms with E-state index in [0.717, 1.165) is 53.0 Å². The lowest BCUT2D eigenvalue weighted by Crippen LogP contribution is -2.38. The van der Waals surface area contributed by atoms with E-state index in [0.29, 0.717) is 12.4 Å².